The van der Waals surface area contributed by atoms with Crippen molar-refractivity contribution in [1.29, 1.82) is 0 Å². The van der Waals surface area contributed by atoms with Gasteiger partial charge in [0.2, 0.25) is 0 Å². The molecule has 0 aliphatic heterocycles. The molecule has 30 heavy (non-hydrogen) atoms. The summed E-state index contributed by atoms with van der Waals surface area (Å²) in [7, 11) is -3.79. The fourth-order valence-electron chi connectivity index (χ4n) is 3.02. The minimum Gasteiger partial charge on any atom is -0.389 e. The lowest BCUT2D eigenvalue weighted by atomic mass is 9.93. The predicted octanol–water partition coefficient (Wildman–Crippen LogP) is 4.13. The molecule has 2 aromatic heterocycles. The second kappa shape index (κ2) is 10.4. The summed E-state index contributed by atoms with van der Waals surface area (Å²) in [6.45, 7) is 4.51. The maximum atomic E-state index is 13.1. The molecule has 0 aliphatic carbocycles. The van der Waals surface area contributed by atoms with Gasteiger partial charge in [-0.3, -0.25) is 0 Å². The van der Waals surface area contributed by atoms with Gasteiger partial charge in [-0.25, -0.2) is 18.4 Å². The van der Waals surface area contributed by atoms with Crippen molar-refractivity contribution in [2.75, 3.05) is 5.75 Å². The number of aromatic nitrogens is 2. The van der Waals surface area contributed by atoms with E-state index in [-0.39, 0.29) is 12.2 Å². The van der Waals surface area contributed by atoms with Crippen LogP contribution in [0.15, 0.2) is 45.6 Å². The average Bonchev–Trinajstić information content (AvgIpc) is 2.58. The van der Waals surface area contributed by atoms with E-state index in [0.29, 0.717) is 21.8 Å². The monoisotopic (exact) mass is 580 g/mol. The first kappa shape index (κ1) is 25.7. The van der Waals surface area contributed by atoms with Crippen LogP contribution in [-0.4, -0.2) is 50.8 Å². The molecule has 0 fully saturated rings. The van der Waals surface area contributed by atoms with Gasteiger partial charge in [-0.2, -0.15) is 11.8 Å². The Balaban J connectivity index is 2.10. The highest BCUT2D eigenvalue weighted by molar-refractivity contribution is 9.10. The molecule has 0 saturated heterocycles. The van der Waals surface area contributed by atoms with Gasteiger partial charge >= 0.3 is 0 Å². The van der Waals surface area contributed by atoms with Crippen LogP contribution >= 0.6 is 43.6 Å². The quantitative estimate of drug-likeness (QED) is 0.407. The Labute approximate surface area is 199 Å². The van der Waals surface area contributed by atoms with E-state index < -0.39 is 26.3 Å². The summed E-state index contributed by atoms with van der Waals surface area (Å²) in [5, 5.41) is 20.4. The number of hydrogen-bond acceptors (Lipinski definition) is 7. The van der Waals surface area contributed by atoms with Gasteiger partial charge in [0, 0.05) is 11.5 Å². The summed E-state index contributed by atoms with van der Waals surface area (Å²) < 4.78 is 27.5. The van der Waals surface area contributed by atoms with Crippen LogP contribution < -0.4 is 0 Å². The van der Waals surface area contributed by atoms with Crippen molar-refractivity contribution in [2.24, 2.45) is 0 Å². The van der Waals surface area contributed by atoms with Crippen molar-refractivity contribution in [3.63, 3.8) is 0 Å². The van der Waals surface area contributed by atoms with Crippen LogP contribution in [0.2, 0.25) is 0 Å². The van der Waals surface area contributed by atoms with E-state index in [1.807, 2.05) is 18.2 Å². The molecular formula is C20H26Br2N2O4S2. The van der Waals surface area contributed by atoms with E-state index in [2.05, 4.69) is 41.8 Å². The van der Waals surface area contributed by atoms with Crippen molar-refractivity contribution in [3.8, 4) is 0 Å². The molecule has 6 nitrogen and oxygen atoms in total. The Morgan fingerprint density at radius 1 is 1.00 bits per heavy atom. The molecule has 0 amide bonds. The summed E-state index contributed by atoms with van der Waals surface area (Å²) in [4.78, 5) is 8.54. The number of sulfone groups is 1. The molecule has 0 bridgehead atoms. The molecule has 0 radical (unpaired) electrons. The zero-order chi connectivity index (χ0) is 22.6. The number of hydrogen-bond donors (Lipinski definition) is 2. The molecule has 0 aromatic carbocycles. The third-order valence-electron chi connectivity index (χ3n) is 4.40. The largest absolute Gasteiger partial charge is 0.389 e. The number of aliphatic hydroxyl groups is 2. The van der Waals surface area contributed by atoms with Crippen LogP contribution in [-0.2, 0) is 21.3 Å². The minimum atomic E-state index is -3.79. The Morgan fingerprint density at radius 2 is 1.53 bits per heavy atom. The summed E-state index contributed by atoms with van der Waals surface area (Å²) in [5.74, 6) is 0.572. The summed E-state index contributed by atoms with van der Waals surface area (Å²) >= 11 is 8.03. The molecule has 2 rings (SSSR count). The number of thioether (sulfide) groups is 1. The van der Waals surface area contributed by atoms with E-state index in [0.717, 1.165) is 10.3 Å². The highest BCUT2D eigenvalue weighted by Gasteiger charge is 2.42. The first-order chi connectivity index (χ1) is 13.8. The number of nitrogens with zero attached hydrogens (tertiary/aromatic N) is 2. The third kappa shape index (κ3) is 8.20. The second-order valence-electron chi connectivity index (χ2n) is 8.05. The van der Waals surface area contributed by atoms with Crippen LogP contribution in [0.5, 0.6) is 0 Å². The fraction of sp³-hybridized carbons (Fsp3) is 0.500. The molecule has 2 unspecified atom stereocenters. The first-order valence-corrected chi connectivity index (χ1v) is 13.7. The summed E-state index contributed by atoms with van der Waals surface area (Å²) in [6.07, 6.45) is -0.0915. The van der Waals surface area contributed by atoms with Crippen molar-refractivity contribution >= 4 is 53.5 Å². The highest BCUT2D eigenvalue weighted by atomic mass is 79.9. The lowest BCUT2D eigenvalue weighted by Gasteiger charge is -2.34. The normalized spacial score (nSPS) is 15.6. The topological polar surface area (TPSA) is 100 Å². The number of rotatable bonds is 10. The van der Waals surface area contributed by atoms with Crippen molar-refractivity contribution < 1.29 is 18.6 Å². The van der Waals surface area contributed by atoms with Crippen molar-refractivity contribution in [1.82, 2.24) is 9.97 Å². The zero-order valence-corrected chi connectivity index (χ0v) is 21.9. The fourth-order valence-corrected chi connectivity index (χ4v) is 7.07. The smallest absolute Gasteiger partial charge is 0.161 e. The van der Waals surface area contributed by atoms with E-state index in [1.165, 1.54) is 25.6 Å². The molecule has 0 aliphatic rings. The third-order valence-corrected chi connectivity index (χ3v) is 8.92. The van der Waals surface area contributed by atoms with Gasteiger partial charge < -0.3 is 10.2 Å². The Hall–Kier alpha value is -0.520. The maximum Gasteiger partial charge on any atom is 0.161 e. The van der Waals surface area contributed by atoms with Crippen molar-refractivity contribution in [3.05, 3.63) is 57.0 Å². The van der Waals surface area contributed by atoms with Gasteiger partial charge in [0.15, 0.2) is 9.84 Å². The Morgan fingerprint density at radius 3 is 2.07 bits per heavy atom. The standard InChI is InChI=1S/C20H26Br2N2O4S2/c1-19(2,25)16(30(27,28)12-15-7-5-9-18(22)24-15)10-20(3,26)13-29-11-14-6-4-8-17(21)23-14/h4-9,16,25-26H,10-13H2,1-3H3. The van der Waals surface area contributed by atoms with Gasteiger partial charge in [0.25, 0.3) is 0 Å². The van der Waals surface area contributed by atoms with Gasteiger partial charge in [0.05, 0.1) is 33.6 Å². The zero-order valence-electron chi connectivity index (χ0n) is 17.0. The van der Waals surface area contributed by atoms with E-state index in [4.69, 9.17) is 0 Å². The summed E-state index contributed by atoms with van der Waals surface area (Å²) in [6, 6.07) is 10.7. The molecule has 2 heterocycles. The van der Waals surface area contributed by atoms with E-state index >= 15 is 0 Å². The predicted molar refractivity (Wildman–Crippen MR) is 128 cm³/mol. The molecular weight excluding hydrogens is 556 g/mol. The van der Waals surface area contributed by atoms with E-state index in [1.54, 1.807) is 25.1 Å². The SMILES string of the molecule is CC(O)(CSCc1cccc(Br)n1)CC(C(C)(C)O)S(=O)(=O)Cc1cccc(Br)n1. The van der Waals surface area contributed by atoms with Gasteiger partial charge in [-0.05, 0) is 83.3 Å². The molecule has 0 saturated carbocycles. The molecule has 166 valence electrons. The second-order valence-corrected chi connectivity index (χ2v) is 12.8. The van der Waals surface area contributed by atoms with Crippen LogP contribution in [0.1, 0.15) is 38.6 Å². The van der Waals surface area contributed by atoms with Crippen LogP contribution in [0, 0.1) is 0 Å². The summed E-state index contributed by atoms with van der Waals surface area (Å²) in [5.41, 5.74) is -1.57. The molecule has 2 N–H and O–H groups in total. The van der Waals surface area contributed by atoms with Crippen LogP contribution in [0.25, 0.3) is 0 Å². The molecule has 2 aromatic rings. The first-order valence-electron chi connectivity index (χ1n) is 9.25. The lowest BCUT2D eigenvalue weighted by Crippen LogP contribution is -2.48. The molecule has 10 heteroatoms. The van der Waals surface area contributed by atoms with Crippen molar-refractivity contribution in [2.45, 2.75) is 55.1 Å². The van der Waals surface area contributed by atoms with Gasteiger partial charge in [0.1, 0.15) is 9.21 Å². The van der Waals surface area contributed by atoms with Crippen LogP contribution in [0.4, 0.5) is 0 Å². The average molecular weight is 582 g/mol. The van der Waals surface area contributed by atoms with E-state index in [9.17, 15) is 18.6 Å². The lowest BCUT2D eigenvalue weighted by molar-refractivity contribution is 0.0227. The van der Waals surface area contributed by atoms with Crippen LogP contribution in [0.3, 0.4) is 0 Å². The highest BCUT2D eigenvalue weighted by Crippen LogP contribution is 2.31. The van der Waals surface area contributed by atoms with Gasteiger partial charge in [-0.1, -0.05) is 12.1 Å². The molecule has 2 atom stereocenters. The Kier molecular flexibility index (Phi) is 8.92. The molecule has 0 spiro atoms. The maximum absolute atomic E-state index is 13.1. The Bertz CT molecular complexity index is 963. The number of halogens is 2. The number of pyridine rings is 2. The minimum absolute atomic E-state index is 0.0915. The van der Waals surface area contributed by atoms with Gasteiger partial charge in [-0.15, -0.1) is 0 Å².